The Labute approximate surface area is 85.5 Å². The summed E-state index contributed by atoms with van der Waals surface area (Å²) in [5.41, 5.74) is 8.78. The molecule has 1 amide bonds. The second-order valence-corrected chi connectivity index (χ2v) is 3.12. The molecule has 0 aliphatic heterocycles. The van der Waals surface area contributed by atoms with Gasteiger partial charge < -0.3 is 5.73 Å². The third-order valence-electron chi connectivity index (χ3n) is 2.07. The average Bonchev–Trinajstić information content (AvgIpc) is 2.27. The molecule has 5 nitrogen and oxygen atoms in total. The van der Waals surface area contributed by atoms with Crippen molar-refractivity contribution < 1.29 is 10.0 Å². The molecule has 1 aromatic carbocycles. The summed E-state index contributed by atoms with van der Waals surface area (Å²) >= 11 is 0. The number of hydrogen-bond acceptors (Lipinski definition) is 4. The lowest BCUT2D eigenvalue weighted by Gasteiger charge is -2.01. The zero-order valence-electron chi connectivity index (χ0n) is 7.77. The summed E-state index contributed by atoms with van der Waals surface area (Å²) in [5.74, 6) is -0.582. The van der Waals surface area contributed by atoms with Gasteiger partial charge in [-0.15, -0.1) is 0 Å². The van der Waals surface area contributed by atoms with E-state index in [0.29, 0.717) is 16.8 Å². The summed E-state index contributed by atoms with van der Waals surface area (Å²) in [7, 11) is 0. The molecule has 0 radical (unpaired) electrons. The molecule has 0 aliphatic carbocycles. The standard InChI is InChI=1S/C10H9N3O2/c11-8-2-1-6-3-7(10(14)13-15)5-12-9(6)4-8/h1-5,15H,11H2,(H,13,14). The molecule has 0 aliphatic rings. The number of nitrogen functional groups attached to an aromatic ring is 1. The van der Waals surface area contributed by atoms with Crippen LogP contribution in [0.15, 0.2) is 30.5 Å². The van der Waals surface area contributed by atoms with Gasteiger partial charge in [-0.05, 0) is 18.2 Å². The maximum atomic E-state index is 11.1. The van der Waals surface area contributed by atoms with Crippen LogP contribution in [-0.2, 0) is 0 Å². The van der Waals surface area contributed by atoms with Crippen molar-refractivity contribution in [2.45, 2.75) is 0 Å². The predicted molar refractivity (Wildman–Crippen MR) is 55.4 cm³/mol. The Bertz CT molecular complexity index is 525. The van der Waals surface area contributed by atoms with Crippen molar-refractivity contribution in [1.82, 2.24) is 10.5 Å². The molecular formula is C10H9N3O2. The molecule has 0 spiro atoms. The number of hydroxylamine groups is 1. The summed E-state index contributed by atoms with van der Waals surface area (Å²) in [6.45, 7) is 0. The number of nitrogens with zero attached hydrogens (tertiary/aromatic N) is 1. The van der Waals surface area contributed by atoms with Gasteiger partial charge in [0, 0.05) is 17.3 Å². The first-order valence-corrected chi connectivity index (χ1v) is 4.30. The third-order valence-corrected chi connectivity index (χ3v) is 2.07. The SMILES string of the molecule is Nc1ccc2cc(C(=O)NO)cnc2c1. The second-order valence-electron chi connectivity index (χ2n) is 3.12. The van der Waals surface area contributed by atoms with Gasteiger partial charge in [-0.25, -0.2) is 5.48 Å². The quantitative estimate of drug-likeness (QED) is 0.365. The Morgan fingerprint density at radius 3 is 2.93 bits per heavy atom. The number of rotatable bonds is 1. The van der Waals surface area contributed by atoms with Gasteiger partial charge in [-0.1, -0.05) is 6.07 Å². The topological polar surface area (TPSA) is 88.2 Å². The van der Waals surface area contributed by atoms with Gasteiger partial charge in [0.05, 0.1) is 11.1 Å². The lowest BCUT2D eigenvalue weighted by atomic mass is 10.1. The lowest BCUT2D eigenvalue weighted by molar-refractivity contribution is 0.0706. The Kier molecular flexibility index (Phi) is 2.23. The van der Waals surface area contributed by atoms with E-state index in [1.54, 1.807) is 29.7 Å². The number of nitrogens with two attached hydrogens (primary N) is 1. The second kappa shape index (κ2) is 3.55. The predicted octanol–water partition coefficient (Wildman–Crippen LogP) is 0.936. The van der Waals surface area contributed by atoms with Crippen molar-refractivity contribution >= 4 is 22.5 Å². The highest BCUT2D eigenvalue weighted by Crippen LogP contribution is 2.16. The van der Waals surface area contributed by atoms with Crippen LogP contribution in [0.3, 0.4) is 0 Å². The van der Waals surface area contributed by atoms with Crippen LogP contribution in [0.4, 0.5) is 5.69 Å². The number of carbonyl (C=O) groups is 1. The fraction of sp³-hybridized carbons (Fsp3) is 0. The van der Waals surface area contributed by atoms with E-state index < -0.39 is 5.91 Å². The van der Waals surface area contributed by atoms with Crippen LogP contribution < -0.4 is 11.2 Å². The molecule has 76 valence electrons. The average molecular weight is 203 g/mol. The van der Waals surface area contributed by atoms with Crippen LogP contribution in [0, 0.1) is 0 Å². The molecule has 2 rings (SSSR count). The van der Waals surface area contributed by atoms with Crippen LogP contribution in [0.25, 0.3) is 10.9 Å². The molecule has 15 heavy (non-hydrogen) atoms. The summed E-state index contributed by atoms with van der Waals surface area (Å²) in [5, 5.41) is 9.25. The largest absolute Gasteiger partial charge is 0.399 e. The number of benzene rings is 1. The van der Waals surface area contributed by atoms with Gasteiger partial charge in [0.15, 0.2) is 0 Å². The summed E-state index contributed by atoms with van der Waals surface area (Å²) in [4.78, 5) is 15.2. The van der Waals surface area contributed by atoms with E-state index in [9.17, 15) is 4.79 Å². The van der Waals surface area contributed by atoms with E-state index in [1.165, 1.54) is 6.20 Å². The number of fused-ring (bicyclic) bond motifs is 1. The summed E-state index contributed by atoms with van der Waals surface area (Å²) in [6, 6.07) is 6.85. The smallest absolute Gasteiger partial charge is 0.276 e. The number of amides is 1. The van der Waals surface area contributed by atoms with Crippen LogP contribution in [0.1, 0.15) is 10.4 Å². The molecule has 0 saturated heterocycles. The highest BCUT2D eigenvalue weighted by atomic mass is 16.5. The van der Waals surface area contributed by atoms with Crippen molar-refractivity contribution in [1.29, 1.82) is 0 Å². The first kappa shape index (κ1) is 9.42. The Balaban J connectivity index is 2.57. The fourth-order valence-corrected chi connectivity index (χ4v) is 1.33. The van der Waals surface area contributed by atoms with Crippen molar-refractivity contribution in [3.63, 3.8) is 0 Å². The number of aromatic nitrogens is 1. The monoisotopic (exact) mass is 203 g/mol. The molecule has 1 heterocycles. The maximum absolute atomic E-state index is 11.1. The van der Waals surface area contributed by atoms with Crippen molar-refractivity contribution in [3.05, 3.63) is 36.0 Å². The first-order valence-electron chi connectivity index (χ1n) is 4.30. The van der Waals surface area contributed by atoms with E-state index in [1.807, 2.05) is 0 Å². The Morgan fingerprint density at radius 2 is 2.20 bits per heavy atom. The molecule has 0 saturated carbocycles. The highest BCUT2D eigenvalue weighted by molar-refractivity contribution is 5.96. The van der Waals surface area contributed by atoms with Gasteiger partial charge in [-0.2, -0.15) is 0 Å². The lowest BCUT2D eigenvalue weighted by Crippen LogP contribution is -2.18. The number of pyridine rings is 1. The molecule has 1 aromatic heterocycles. The van der Waals surface area contributed by atoms with E-state index in [4.69, 9.17) is 10.9 Å². The van der Waals surface area contributed by atoms with Crippen LogP contribution in [0.2, 0.25) is 0 Å². The van der Waals surface area contributed by atoms with Crippen LogP contribution in [-0.4, -0.2) is 16.1 Å². The zero-order valence-corrected chi connectivity index (χ0v) is 7.77. The highest BCUT2D eigenvalue weighted by Gasteiger charge is 2.05. The van der Waals surface area contributed by atoms with E-state index in [0.717, 1.165) is 5.39 Å². The third kappa shape index (κ3) is 1.72. The first-order chi connectivity index (χ1) is 7.20. The van der Waals surface area contributed by atoms with Gasteiger partial charge in [0.25, 0.3) is 5.91 Å². The Hall–Kier alpha value is -2.14. The number of anilines is 1. The fourth-order valence-electron chi connectivity index (χ4n) is 1.33. The van der Waals surface area contributed by atoms with Crippen molar-refractivity contribution in [3.8, 4) is 0 Å². The number of nitrogens with one attached hydrogen (secondary N) is 1. The number of hydrogen-bond donors (Lipinski definition) is 3. The maximum Gasteiger partial charge on any atom is 0.276 e. The molecule has 0 unspecified atom stereocenters. The van der Waals surface area contributed by atoms with Gasteiger partial charge in [-0.3, -0.25) is 15.0 Å². The molecule has 0 atom stereocenters. The zero-order chi connectivity index (χ0) is 10.8. The van der Waals surface area contributed by atoms with Crippen LogP contribution >= 0.6 is 0 Å². The van der Waals surface area contributed by atoms with E-state index in [2.05, 4.69) is 4.98 Å². The molecular weight excluding hydrogens is 194 g/mol. The van der Waals surface area contributed by atoms with E-state index in [-0.39, 0.29) is 0 Å². The summed E-state index contributed by atoms with van der Waals surface area (Å²) < 4.78 is 0. The molecule has 0 fully saturated rings. The molecule has 0 bridgehead atoms. The molecule has 2 aromatic rings. The van der Waals surface area contributed by atoms with Crippen molar-refractivity contribution in [2.75, 3.05) is 5.73 Å². The Morgan fingerprint density at radius 1 is 1.40 bits per heavy atom. The van der Waals surface area contributed by atoms with Crippen LogP contribution in [0.5, 0.6) is 0 Å². The van der Waals surface area contributed by atoms with Crippen molar-refractivity contribution in [2.24, 2.45) is 0 Å². The summed E-state index contributed by atoms with van der Waals surface area (Å²) in [6.07, 6.45) is 1.38. The molecule has 5 heteroatoms. The van der Waals surface area contributed by atoms with Gasteiger partial charge in [0.1, 0.15) is 0 Å². The minimum Gasteiger partial charge on any atom is -0.399 e. The van der Waals surface area contributed by atoms with Gasteiger partial charge >= 0.3 is 0 Å². The normalized spacial score (nSPS) is 10.2. The minimum atomic E-state index is -0.582. The number of carbonyl (C=O) groups excluding carboxylic acids is 1. The minimum absolute atomic E-state index is 0.301. The van der Waals surface area contributed by atoms with E-state index >= 15 is 0 Å². The van der Waals surface area contributed by atoms with Gasteiger partial charge in [0.2, 0.25) is 0 Å². The molecule has 4 N–H and O–H groups in total.